The van der Waals surface area contributed by atoms with Gasteiger partial charge in [0.15, 0.2) is 6.61 Å². The first-order valence-corrected chi connectivity index (χ1v) is 10.1. The number of nitrogens with zero attached hydrogens (tertiary/aromatic N) is 3. The van der Waals surface area contributed by atoms with Crippen LogP contribution in [0.2, 0.25) is 5.02 Å². The molecule has 8 heteroatoms. The van der Waals surface area contributed by atoms with Gasteiger partial charge in [-0.05, 0) is 42.8 Å². The van der Waals surface area contributed by atoms with E-state index in [0.29, 0.717) is 29.4 Å². The van der Waals surface area contributed by atoms with Crippen molar-refractivity contribution in [1.29, 1.82) is 0 Å². The van der Waals surface area contributed by atoms with Crippen molar-refractivity contribution in [3.63, 3.8) is 0 Å². The molecule has 1 aromatic carbocycles. The zero-order valence-electron chi connectivity index (χ0n) is 16.4. The van der Waals surface area contributed by atoms with E-state index in [2.05, 4.69) is 15.2 Å². The largest absolute Gasteiger partial charge is 0.484 e. The first-order valence-electron chi connectivity index (χ1n) is 9.72. The van der Waals surface area contributed by atoms with E-state index in [9.17, 15) is 9.59 Å². The van der Waals surface area contributed by atoms with E-state index in [1.807, 2.05) is 24.0 Å². The molecule has 2 aromatic rings. The molecule has 0 unspecified atom stereocenters. The summed E-state index contributed by atoms with van der Waals surface area (Å²) in [6.07, 6.45) is 3.08. The fraction of sp³-hybridized carbons (Fsp3) is 0.381. The van der Waals surface area contributed by atoms with Gasteiger partial charge in [-0.3, -0.25) is 9.59 Å². The standard InChI is InChI=1S/C21H25ClN4O3/c1-2-21(28)26-11-3-10-25(12-13-26)19-9-6-17(14-23-19)24-20(27)15-29-18-7-4-16(22)5-8-18/h4-9,14H,2-3,10-13,15H2,1H3,(H,24,27). The van der Waals surface area contributed by atoms with Gasteiger partial charge >= 0.3 is 0 Å². The number of anilines is 2. The van der Waals surface area contributed by atoms with Crippen LogP contribution in [0.3, 0.4) is 0 Å². The van der Waals surface area contributed by atoms with Crippen molar-refractivity contribution >= 4 is 34.9 Å². The van der Waals surface area contributed by atoms with Gasteiger partial charge in [-0.2, -0.15) is 0 Å². The molecule has 7 nitrogen and oxygen atoms in total. The number of amides is 2. The molecular weight excluding hydrogens is 392 g/mol. The minimum Gasteiger partial charge on any atom is -0.484 e. The monoisotopic (exact) mass is 416 g/mol. The van der Waals surface area contributed by atoms with Gasteiger partial charge in [-0.25, -0.2) is 4.98 Å². The van der Waals surface area contributed by atoms with Crippen LogP contribution >= 0.6 is 11.6 Å². The lowest BCUT2D eigenvalue weighted by Crippen LogP contribution is -2.34. The van der Waals surface area contributed by atoms with Gasteiger partial charge in [0.25, 0.3) is 5.91 Å². The lowest BCUT2D eigenvalue weighted by molar-refractivity contribution is -0.130. The molecule has 1 saturated heterocycles. The summed E-state index contributed by atoms with van der Waals surface area (Å²) in [4.78, 5) is 32.5. The average molecular weight is 417 g/mol. The van der Waals surface area contributed by atoms with Gasteiger partial charge in [0, 0.05) is 37.6 Å². The minimum absolute atomic E-state index is 0.100. The molecule has 1 aromatic heterocycles. The van der Waals surface area contributed by atoms with E-state index in [1.54, 1.807) is 30.5 Å². The topological polar surface area (TPSA) is 74.8 Å². The van der Waals surface area contributed by atoms with E-state index < -0.39 is 0 Å². The molecule has 2 amide bonds. The Morgan fingerprint density at radius 3 is 2.59 bits per heavy atom. The third-order valence-corrected chi connectivity index (χ3v) is 4.94. The van der Waals surface area contributed by atoms with Crippen molar-refractivity contribution in [2.24, 2.45) is 0 Å². The molecule has 3 rings (SSSR count). The van der Waals surface area contributed by atoms with E-state index in [4.69, 9.17) is 16.3 Å². The fourth-order valence-corrected chi connectivity index (χ4v) is 3.27. The Morgan fingerprint density at radius 1 is 1.10 bits per heavy atom. The molecule has 0 bridgehead atoms. The summed E-state index contributed by atoms with van der Waals surface area (Å²) in [7, 11) is 0. The van der Waals surface area contributed by atoms with Crippen LogP contribution in [0, 0.1) is 0 Å². The second kappa shape index (κ2) is 10.1. The zero-order chi connectivity index (χ0) is 20.6. The van der Waals surface area contributed by atoms with Crippen molar-refractivity contribution in [2.75, 3.05) is 43.0 Å². The summed E-state index contributed by atoms with van der Waals surface area (Å²) >= 11 is 5.82. The summed E-state index contributed by atoms with van der Waals surface area (Å²) in [5, 5.41) is 3.38. The molecule has 0 atom stereocenters. The predicted octanol–water partition coefficient (Wildman–Crippen LogP) is 3.20. The Morgan fingerprint density at radius 2 is 1.90 bits per heavy atom. The van der Waals surface area contributed by atoms with E-state index in [0.717, 1.165) is 31.9 Å². The van der Waals surface area contributed by atoms with Crippen molar-refractivity contribution in [3.05, 3.63) is 47.6 Å². The van der Waals surface area contributed by atoms with E-state index in [-0.39, 0.29) is 18.4 Å². The van der Waals surface area contributed by atoms with Crippen LogP contribution in [0.15, 0.2) is 42.6 Å². The Labute approximate surface area is 175 Å². The van der Waals surface area contributed by atoms with Crippen LogP contribution in [-0.2, 0) is 9.59 Å². The second-order valence-electron chi connectivity index (χ2n) is 6.77. The SMILES string of the molecule is CCC(=O)N1CCCN(c2ccc(NC(=O)COc3ccc(Cl)cc3)cn2)CC1. The number of carbonyl (C=O) groups is 2. The Kier molecular flexibility index (Phi) is 7.30. The van der Waals surface area contributed by atoms with Gasteiger partial charge in [-0.15, -0.1) is 0 Å². The maximum absolute atomic E-state index is 12.1. The predicted molar refractivity (Wildman–Crippen MR) is 114 cm³/mol. The number of pyridine rings is 1. The van der Waals surface area contributed by atoms with Gasteiger partial charge < -0.3 is 19.9 Å². The lowest BCUT2D eigenvalue weighted by Gasteiger charge is -2.22. The van der Waals surface area contributed by atoms with E-state index >= 15 is 0 Å². The van der Waals surface area contributed by atoms with Gasteiger partial charge in [0.05, 0.1) is 11.9 Å². The normalized spacial score (nSPS) is 14.3. The maximum atomic E-state index is 12.1. The summed E-state index contributed by atoms with van der Waals surface area (Å²) in [6.45, 7) is 4.87. The first-order chi connectivity index (χ1) is 14.0. The molecule has 0 spiro atoms. The Balaban J connectivity index is 1.50. The Hall–Kier alpha value is -2.80. The molecule has 0 radical (unpaired) electrons. The summed E-state index contributed by atoms with van der Waals surface area (Å²) in [5.74, 6) is 1.35. The smallest absolute Gasteiger partial charge is 0.262 e. The molecule has 1 aliphatic heterocycles. The number of nitrogens with one attached hydrogen (secondary N) is 1. The van der Waals surface area contributed by atoms with E-state index in [1.165, 1.54) is 0 Å². The van der Waals surface area contributed by atoms with Crippen LogP contribution in [0.1, 0.15) is 19.8 Å². The molecule has 1 aliphatic rings. The number of hydrogen-bond donors (Lipinski definition) is 1. The second-order valence-corrected chi connectivity index (χ2v) is 7.21. The van der Waals surface area contributed by atoms with Crippen molar-refractivity contribution in [2.45, 2.75) is 19.8 Å². The van der Waals surface area contributed by atoms with Crippen LogP contribution in [0.4, 0.5) is 11.5 Å². The quantitative estimate of drug-likeness (QED) is 0.782. The fourth-order valence-electron chi connectivity index (χ4n) is 3.14. The summed E-state index contributed by atoms with van der Waals surface area (Å²) < 4.78 is 5.43. The van der Waals surface area contributed by atoms with Crippen LogP contribution in [-0.4, -0.2) is 54.5 Å². The molecule has 0 aliphatic carbocycles. The van der Waals surface area contributed by atoms with Crippen LogP contribution in [0.25, 0.3) is 0 Å². The Bertz CT molecular complexity index is 827. The molecule has 29 heavy (non-hydrogen) atoms. The third-order valence-electron chi connectivity index (χ3n) is 4.69. The van der Waals surface area contributed by atoms with Crippen LogP contribution in [0.5, 0.6) is 5.75 Å². The summed E-state index contributed by atoms with van der Waals surface area (Å²) in [6, 6.07) is 10.5. The number of hydrogen-bond acceptors (Lipinski definition) is 5. The molecule has 154 valence electrons. The number of aromatic nitrogens is 1. The number of halogens is 1. The molecule has 1 fully saturated rings. The highest BCUT2D eigenvalue weighted by atomic mass is 35.5. The minimum atomic E-state index is -0.266. The maximum Gasteiger partial charge on any atom is 0.262 e. The number of rotatable bonds is 6. The number of benzene rings is 1. The number of carbonyl (C=O) groups excluding carboxylic acids is 2. The lowest BCUT2D eigenvalue weighted by atomic mass is 10.3. The highest BCUT2D eigenvalue weighted by molar-refractivity contribution is 6.30. The van der Waals surface area contributed by atoms with Crippen molar-refractivity contribution in [3.8, 4) is 5.75 Å². The zero-order valence-corrected chi connectivity index (χ0v) is 17.2. The number of ether oxygens (including phenoxy) is 1. The highest BCUT2D eigenvalue weighted by Gasteiger charge is 2.18. The first kappa shape index (κ1) is 20.9. The van der Waals surface area contributed by atoms with Gasteiger partial charge in [-0.1, -0.05) is 18.5 Å². The molecular formula is C21H25ClN4O3. The summed E-state index contributed by atoms with van der Waals surface area (Å²) in [5.41, 5.74) is 0.607. The molecule has 2 heterocycles. The highest BCUT2D eigenvalue weighted by Crippen LogP contribution is 2.18. The average Bonchev–Trinajstić information content (AvgIpc) is 3.00. The third kappa shape index (κ3) is 6.09. The van der Waals surface area contributed by atoms with Crippen molar-refractivity contribution in [1.82, 2.24) is 9.88 Å². The van der Waals surface area contributed by atoms with Gasteiger partial charge in [0.1, 0.15) is 11.6 Å². The van der Waals surface area contributed by atoms with Gasteiger partial charge in [0.2, 0.25) is 5.91 Å². The molecule has 0 saturated carbocycles. The van der Waals surface area contributed by atoms with Crippen molar-refractivity contribution < 1.29 is 14.3 Å². The molecule has 1 N–H and O–H groups in total. The van der Waals surface area contributed by atoms with Crippen LogP contribution < -0.4 is 15.0 Å².